The molecule has 0 aliphatic carbocycles. The Morgan fingerprint density at radius 2 is 1.94 bits per heavy atom. The Kier molecular flexibility index (Phi) is 1.81. The molecule has 3 heteroatoms. The predicted molar refractivity (Wildman–Crippen MR) is 70.6 cm³/mol. The van der Waals surface area contributed by atoms with Crippen LogP contribution in [0.1, 0.15) is 5.69 Å². The van der Waals surface area contributed by atoms with E-state index in [9.17, 15) is 4.39 Å². The van der Waals surface area contributed by atoms with E-state index < -0.39 is 0 Å². The molecule has 2 aromatic carbocycles. The van der Waals surface area contributed by atoms with Crippen molar-refractivity contribution in [2.24, 2.45) is 0 Å². The number of anilines is 1. The van der Waals surface area contributed by atoms with Gasteiger partial charge in [-0.25, -0.2) is 4.39 Å². The van der Waals surface area contributed by atoms with Gasteiger partial charge in [0.15, 0.2) is 0 Å². The van der Waals surface area contributed by atoms with Crippen LogP contribution in [-0.2, 0) is 6.54 Å². The average Bonchev–Trinajstić information content (AvgIpc) is 2.76. The molecule has 1 aliphatic heterocycles. The zero-order chi connectivity index (χ0) is 12.1. The van der Waals surface area contributed by atoms with E-state index in [0.717, 1.165) is 34.5 Å². The molecule has 1 aromatic heterocycles. The number of nitrogens with zero attached hydrogens (tertiary/aromatic N) is 1. The topological polar surface area (TPSA) is 17.0 Å². The summed E-state index contributed by atoms with van der Waals surface area (Å²) in [5, 5.41) is 4.33. The fourth-order valence-electron chi connectivity index (χ4n) is 2.66. The lowest BCUT2D eigenvalue weighted by Crippen LogP contribution is -2.14. The molecular formula is C15H11FN2. The van der Waals surface area contributed by atoms with E-state index in [1.165, 1.54) is 6.07 Å². The van der Waals surface area contributed by atoms with Gasteiger partial charge in [0, 0.05) is 11.1 Å². The van der Waals surface area contributed by atoms with E-state index in [1.807, 2.05) is 24.3 Å². The van der Waals surface area contributed by atoms with Gasteiger partial charge in [0.1, 0.15) is 5.82 Å². The third kappa shape index (κ3) is 1.21. The number of rotatable bonds is 0. The first-order valence-corrected chi connectivity index (χ1v) is 5.96. The smallest absolute Gasteiger partial charge is 0.123 e. The Balaban J connectivity index is 2.11. The van der Waals surface area contributed by atoms with Gasteiger partial charge in [-0.1, -0.05) is 12.1 Å². The maximum atomic E-state index is 13.3. The Hall–Kier alpha value is -2.29. The maximum absolute atomic E-state index is 13.3. The minimum Gasteiger partial charge on any atom is -0.378 e. The molecule has 88 valence electrons. The molecule has 0 bridgehead atoms. The second-order valence-electron chi connectivity index (χ2n) is 4.54. The first-order chi connectivity index (χ1) is 8.83. The normalized spacial score (nSPS) is 12.9. The van der Waals surface area contributed by atoms with Crippen LogP contribution < -0.4 is 5.32 Å². The van der Waals surface area contributed by atoms with Gasteiger partial charge in [-0.3, -0.25) is 0 Å². The molecule has 2 heterocycles. The molecule has 1 N–H and O–H groups in total. The lowest BCUT2D eigenvalue weighted by molar-refractivity contribution is 0.629. The molecular weight excluding hydrogens is 227 g/mol. The first-order valence-electron chi connectivity index (χ1n) is 5.96. The van der Waals surface area contributed by atoms with Gasteiger partial charge in [-0.2, -0.15) is 0 Å². The summed E-state index contributed by atoms with van der Waals surface area (Å²) in [6, 6.07) is 15.2. The highest BCUT2D eigenvalue weighted by atomic mass is 19.1. The SMILES string of the molecule is Fc1ccc2c(c1)cc1n2-c2ccccc2NC1. The molecule has 2 nitrogen and oxygen atoms in total. The molecule has 0 atom stereocenters. The van der Waals surface area contributed by atoms with Gasteiger partial charge < -0.3 is 9.88 Å². The summed E-state index contributed by atoms with van der Waals surface area (Å²) in [5.74, 6) is -0.188. The summed E-state index contributed by atoms with van der Waals surface area (Å²) in [5.41, 5.74) is 4.46. The summed E-state index contributed by atoms with van der Waals surface area (Å²) in [4.78, 5) is 0. The van der Waals surface area contributed by atoms with E-state index in [2.05, 4.69) is 22.0 Å². The maximum Gasteiger partial charge on any atom is 0.123 e. The lowest BCUT2D eigenvalue weighted by Gasteiger charge is -2.21. The number of nitrogens with one attached hydrogen (secondary N) is 1. The van der Waals surface area contributed by atoms with Gasteiger partial charge in [0.2, 0.25) is 0 Å². The van der Waals surface area contributed by atoms with Crippen LogP contribution in [0.4, 0.5) is 10.1 Å². The van der Waals surface area contributed by atoms with Gasteiger partial charge in [0.05, 0.1) is 23.4 Å². The van der Waals surface area contributed by atoms with Gasteiger partial charge >= 0.3 is 0 Å². The second-order valence-corrected chi connectivity index (χ2v) is 4.54. The second kappa shape index (κ2) is 3.35. The Morgan fingerprint density at radius 1 is 1.06 bits per heavy atom. The van der Waals surface area contributed by atoms with Crippen LogP contribution in [0.15, 0.2) is 48.5 Å². The van der Waals surface area contributed by atoms with Crippen molar-refractivity contribution in [3.63, 3.8) is 0 Å². The van der Waals surface area contributed by atoms with Crippen molar-refractivity contribution in [1.29, 1.82) is 0 Å². The van der Waals surface area contributed by atoms with Crippen LogP contribution in [0.25, 0.3) is 16.6 Å². The van der Waals surface area contributed by atoms with Crippen molar-refractivity contribution in [2.45, 2.75) is 6.54 Å². The fourth-order valence-corrected chi connectivity index (χ4v) is 2.66. The highest BCUT2D eigenvalue weighted by molar-refractivity contribution is 5.86. The summed E-state index contributed by atoms with van der Waals surface area (Å²) in [6.07, 6.45) is 0. The van der Waals surface area contributed by atoms with E-state index in [4.69, 9.17) is 0 Å². The quantitative estimate of drug-likeness (QED) is 0.632. The average molecular weight is 238 g/mol. The van der Waals surface area contributed by atoms with E-state index in [1.54, 1.807) is 6.07 Å². The van der Waals surface area contributed by atoms with Crippen LogP contribution >= 0.6 is 0 Å². The summed E-state index contributed by atoms with van der Waals surface area (Å²) in [7, 11) is 0. The lowest BCUT2D eigenvalue weighted by atomic mass is 10.2. The molecule has 4 rings (SSSR count). The number of hydrogen-bond donors (Lipinski definition) is 1. The molecule has 0 saturated carbocycles. The standard InChI is InChI=1S/C15H11FN2/c16-11-5-6-14-10(7-11)8-12-9-17-13-3-1-2-4-15(13)18(12)14/h1-8,17H,9H2. The Morgan fingerprint density at radius 3 is 2.89 bits per heavy atom. The zero-order valence-corrected chi connectivity index (χ0v) is 9.65. The van der Waals surface area contributed by atoms with Crippen LogP contribution in [0.2, 0.25) is 0 Å². The fraction of sp³-hybridized carbons (Fsp3) is 0.0667. The molecule has 0 radical (unpaired) electrons. The number of para-hydroxylation sites is 2. The number of hydrogen-bond acceptors (Lipinski definition) is 1. The summed E-state index contributed by atoms with van der Waals surface area (Å²) in [6.45, 7) is 0.771. The Bertz CT molecular complexity index is 758. The van der Waals surface area contributed by atoms with Crippen LogP contribution in [-0.4, -0.2) is 4.57 Å². The van der Waals surface area contributed by atoms with Crippen molar-refractivity contribution < 1.29 is 4.39 Å². The zero-order valence-electron chi connectivity index (χ0n) is 9.65. The molecule has 1 aliphatic rings. The van der Waals surface area contributed by atoms with Crippen molar-refractivity contribution in [2.75, 3.05) is 5.32 Å². The van der Waals surface area contributed by atoms with Gasteiger partial charge in [-0.15, -0.1) is 0 Å². The van der Waals surface area contributed by atoms with Crippen molar-refractivity contribution in [1.82, 2.24) is 4.57 Å². The molecule has 0 fully saturated rings. The monoisotopic (exact) mass is 238 g/mol. The minimum absolute atomic E-state index is 0.188. The summed E-state index contributed by atoms with van der Waals surface area (Å²) >= 11 is 0. The number of fused-ring (bicyclic) bond motifs is 5. The minimum atomic E-state index is -0.188. The molecule has 18 heavy (non-hydrogen) atoms. The van der Waals surface area contributed by atoms with Crippen molar-refractivity contribution in [3.8, 4) is 5.69 Å². The number of benzene rings is 2. The van der Waals surface area contributed by atoms with Crippen LogP contribution in [0.5, 0.6) is 0 Å². The number of aromatic nitrogens is 1. The molecule has 0 unspecified atom stereocenters. The summed E-state index contributed by atoms with van der Waals surface area (Å²) < 4.78 is 15.5. The number of halogens is 1. The third-order valence-corrected chi connectivity index (χ3v) is 3.44. The molecule has 0 spiro atoms. The van der Waals surface area contributed by atoms with E-state index >= 15 is 0 Å². The third-order valence-electron chi connectivity index (χ3n) is 3.44. The van der Waals surface area contributed by atoms with Crippen molar-refractivity contribution in [3.05, 3.63) is 60.0 Å². The molecule has 0 saturated heterocycles. The van der Waals surface area contributed by atoms with E-state index in [0.29, 0.717) is 0 Å². The van der Waals surface area contributed by atoms with E-state index in [-0.39, 0.29) is 5.82 Å². The largest absolute Gasteiger partial charge is 0.378 e. The van der Waals surface area contributed by atoms with Crippen LogP contribution in [0, 0.1) is 5.82 Å². The van der Waals surface area contributed by atoms with Crippen LogP contribution in [0.3, 0.4) is 0 Å². The van der Waals surface area contributed by atoms with Crippen molar-refractivity contribution >= 4 is 16.6 Å². The van der Waals surface area contributed by atoms with Gasteiger partial charge in [0.25, 0.3) is 0 Å². The Labute approximate surface area is 104 Å². The molecule has 0 amide bonds. The van der Waals surface area contributed by atoms with Gasteiger partial charge in [-0.05, 0) is 36.4 Å². The molecule has 3 aromatic rings. The highest BCUT2D eigenvalue weighted by Gasteiger charge is 2.17. The first kappa shape index (κ1) is 9.71. The highest BCUT2D eigenvalue weighted by Crippen LogP contribution is 2.32. The predicted octanol–water partition coefficient (Wildman–Crippen LogP) is 3.70.